The molecule has 0 saturated heterocycles. The van der Waals surface area contributed by atoms with E-state index in [1.54, 1.807) is 28.8 Å². The summed E-state index contributed by atoms with van der Waals surface area (Å²) in [5.74, 6) is 0.327. The van der Waals surface area contributed by atoms with E-state index in [0.717, 1.165) is 5.69 Å². The number of aliphatic hydroxyl groups is 2. The Morgan fingerprint density at radius 1 is 1.15 bits per heavy atom. The maximum Gasteiger partial charge on any atom is 0.227 e. The van der Waals surface area contributed by atoms with Crippen LogP contribution in [0.1, 0.15) is 0 Å². The first-order chi connectivity index (χ1) is 16.0. The largest absolute Gasteiger partial charge is 0.494 e. The van der Waals surface area contributed by atoms with Crippen LogP contribution in [0, 0.1) is 5.82 Å². The summed E-state index contributed by atoms with van der Waals surface area (Å²) in [6.07, 6.45) is 4.64. The van der Waals surface area contributed by atoms with Crippen molar-refractivity contribution in [3.05, 3.63) is 59.8 Å². The van der Waals surface area contributed by atoms with Crippen LogP contribution in [0.25, 0.3) is 17.0 Å². The van der Waals surface area contributed by atoms with Crippen LogP contribution in [0.5, 0.6) is 5.75 Å². The molecule has 0 amide bonds. The summed E-state index contributed by atoms with van der Waals surface area (Å²) in [4.78, 5) is 14.7. The Labute approximate surface area is 194 Å². The van der Waals surface area contributed by atoms with Crippen molar-refractivity contribution in [3.63, 3.8) is 0 Å². The lowest BCUT2D eigenvalue weighted by Crippen LogP contribution is -2.29. The number of benzene rings is 1. The fourth-order valence-electron chi connectivity index (χ4n) is 3.47. The summed E-state index contributed by atoms with van der Waals surface area (Å²) in [7, 11) is 1.54. The number of nitrogens with one attached hydrogen (secondary N) is 1. The number of hydrogen-bond acceptors (Lipinski definition) is 8. The van der Waals surface area contributed by atoms with Crippen molar-refractivity contribution in [2.45, 2.75) is 0 Å². The lowest BCUT2D eigenvalue weighted by Gasteiger charge is -2.24. The van der Waals surface area contributed by atoms with Crippen molar-refractivity contribution in [3.8, 4) is 17.1 Å². The number of aliphatic hydroxyl groups excluding tert-OH is 2. The standard InChI is InChI=1S/C22H22ClFN6O3/c1-33-19-11-14(29(7-9-31)8-10-32)4-5-17(19)27-22-26-12-15(23)20(28-22)18-13-25-21-16(24)3-2-6-30(18)21/h2-6,11-13,31-32H,7-10H2,1H3,(H,26,27,28). The first-order valence-corrected chi connectivity index (χ1v) is 10.5. The van der Waals surface area contributed by atoms with Crippen molar-refractivity contribution in [2.24, 2.45) is 0 Å². The molecule has 0 aliphatic heterocycles. The molecule has 0 aliphatic rings. The average Bonchev–Trinajstić information content (AvgIpc) is 3.26. The first kappa shape index (κ1) is 22.7. The predicted octanol–water partition coefficient (Wildman–Crippen LogP) is 3.13. The molecule has 172 valence electrons. The molecule has 0 fully saturated rings. The molecule has 0 unspecified atom stereocenters. The van der Waals surface area contributed by atoms with E-state index in [9.17, 15) is 14.6 Å². The van der Waals surface area contributed by atoms with Gasteiger partial charge in [0.05, 0.1) is 49.1 Å². The molecule has 3 heterocycles. The van der Waals surface area contributed by atoms with Gasteiger partial charge < -0.3 is 25.2 Å². The minimum absolute atomic E-state index is 0.0448. The zero-order valence-electron chi connectivity index (χ0n) is 17.7. The summed E-state index contributed by atoms with van der Waals surface area (Å²) in [5, 5.41) is 22.0. The van der Waals surface area contributed by atoms with Gasteiger partial charge in [0, 0.05) is 31.0 Å². The molecule has 0 aliphatic carbocycles. The van der Waals surface area contributed by atoms with Crippen LogP contribution in [0.15, 0.2) is 48.9 Å². The zero-order chi connectivity index (χ0) is 23.4. The monoisotopic (exact) mass is 472 g/mol. The third-order valence-electron chi connectivity index (χ3n) is 5.01. The molecular weight excluding hydrogens is 451 g/mol. The van der Waals surface area contributed by atoms with Crippen LogP contribution in [0.2, 0.25) is 5.02 Å². The maximum atomic E-state index is 14.0. The highest BCUT2D eigenvalue weighted by Crippen LogP contribution is 2.33. The number of ether oxygens (including phenoxy) is 1. The molecule has 3 N–H and O–H groups in total. The molecule has 4 rings (SSSR count). The van der Waals surface area contributed by atoms with Gasteiger partial charge in [-0.25, -0.2) is 19.3 Å². The molecule has 1 aromatic carbocycles. The smallest absolute Gasteiger partial charge is 0.227 e. The molecule has 33 heavy (non-hydrogen) atoms. The number of aromatic nitrogens is 4. The van der Waals surface area contributed by atoms with E-state index in [1.807, 2.05) is 11.0 Å². The molecule has 9 nitrogen and oxygen atoms in total. The van der Waals surface area contributed by atoms with Crippen LogP contribution in [0.4, 0.5) is 21.7 Å². The number of fused-ring (bicyclic) bond motifs is 1. The van der Waals surface area contributed by atoms with Gasteiger partial charge in [0.2, 0.25) is 5.95 Å². The van der Waals surface area contributed by atoms with Gasteiger partial charge in [-0.2, -0.15) is 0 Å². The van der Waals surface area contributed by atoms with Gasteiger partial charge in [0.25, 0.3) is 0 Å². The van der Waals surface area contributed by atoms with Gasteiger partial charge in [-0.3, -0.25) is 4.40 Å². The fourth-order valence-corrected chi connectivity index (χ4v) is 3.66. The minimum atomic E-state index is -0.450. The number of anilines is 3. The molecular formula is C22H22ClFN6O3. The SMILES string of the molecule is COc1cc(N(CCO)CCO)ccc1Nc1ncc(Cl)c(-c2cnc3c(F)cccn23)n1. The van der Waals surface area contributed by atoms with E-state index in [1.165, 1.54) is 25.6 Å². The van der Waals surface area contributed by atoms with Gasteiger partial charge in [0.15, 0.2) is 11.5 Å². The van der Waals surface area contributed by atoms with Crippen LogP contribution in [-0.2, 0) is 0 Å². The summed E-state index contributed by atoms with van der Waals surface area (Å²) in [6.45, 7) is 0.661. The normalized spacial score (nSPS) is 11.1. The van der Waals surface area contributed by atoms with Crippen LogP contribution >= 0.6 is 11.6 Å². The van der Waals surface area contributed by atoms with Crippen LogP contribution in [0.3, 0.4) is 0 Å². The highest BCUT2D eigenvalue weighted by atomic mass is 35.5. The highest BCUT2D eigenvalue weighted by molar-refractivity contribution is 6.32. The Hall–Kier alpha value is -3.47. The number of nitrogens with zero attached hydrogens (tertiary/aromatic N) is 5. The van der Waals surface area contributed by atoms with Gasteiger partial charge in [-0.05, 0) is 24.3 Å². The number of rotatable bonds is 9. The van der Waals surface area contributed by atoms with Crippen molar-refractivity contribution < 1.29 is 19.3 Å². The van der Waals surface area contributed by atoms with Gasteiger partial charge in [-0.15, -0.1) is 0 Å². The molecule has 0 atom stereocenters. The first-order valence-electron chi connectivity index (χ1n) is 10.1. The van der Waals surface area contributed by atoms with Gasteiger partial charge >= 0.3 is 0 Å². The second kappa shape index (κ2) is 9.99. The Morgan fingerprint density at radius 3 is 2.67 bits per heavy atom. The lowest BCUT2D eigenvalue weighted by atomic mass is 10.2. The molecule has 3 aromatic heterocycles. The number of imidazole rings is 1. The molecule has 4 aromatic rings. The highest BCUT2D eigenvalue weighted by Gasteiger charge is 2.16. The summed E-state index contributed by atoms with van der Waals surface area (Å²) in [5.41, 5.74) is 2.47. The summed E-state index contributed by atoms with van der Waals surface area (Å²) >= 11 is 6.35. The summed E-state index contributed by atoms with van der Waals surface area (Å²) < 4.78 is 21.1. The lowest BCUT2D eigenvalue weighted by molar-refractivity contribution is 0.281. The zero-order valence-corrected chi connectivity index (χ0v) is 18.5. The van der Waals surface area contributed by atoms with Crippen molar-refractivity contribution in [1.29, 1.82) is 0 Å². The van der Waals surface area contributed by atoms with E-state index < -0.39 is 5.82 Å². The van der Waals surface area contributed by atoms with Crippen molar-refractivity contribution >= 4 is 34.6 Å². The topological polar surface area (TPSA) is 108 Å². The van der Waals surface area contributed by atoms with E-state index in [-0.39, 0.29) is 29.8 Å². The fraction of sp³-hybridized carbons (Fsp3) is 0.227. The Bertz CT molecular complexity index is 1260. The third kappa shape index (κ3) is 4.68. The van der Waals surface area contributed by atoms with E-state index >= 15 is 0 Å². The molecule has 0 saturated carbocycles. The maximum absolute atomic E-state index is 14.0. The number of hydrogen-bond donors (Lipinski definition) is 3. The average molecular weight is 473 g/mol. The van der Waals surface area contributed by atoms with Crippen LogP contribution < -0.4 is 15.0 Å². The van der Waals surface area contributed by atoms with Crippen molar-refractivity contribution in [1.82, 2.24) is 19.4 Å². The molecule has 0 spiro atoms. The quantitative estimate of drug-likeness (QED) is 0.341. The number of pyridine rings is 1. The van der Waals surface area contributed by atoms with Crippen molar-refractivity contribution in [2.75, 3.05) is 43.6 Å². The minimum Gasteiger partial charge on any atom is -0.494 e. The Balaban J connectivity index is 1.66. The Morgan fingerprint density at radius 2 is 1.94 bits per heavy atom. The Kier molecular flexibility index (Phi) is 6.87. The van der Waals surface area contributed by atoms with Crippen LogP contribution in [-0.4, -0.2) is 63.0 Å². The predicted molar refractivity (Wildman–Crippen MR) is 124 cm³/mol. The van der Waals surface area contributed by atoms with E-state index in [0.29, 0.717) is 35.9 Å². The number of methoxy groups -OCH3 is 1. The van der Waals surface area contributed by atoms with E-state index in [2.05, 4.69) is 20.3 Å². The second-order valence-corrected chi connectivity index (χ2v) is 7.43. The van der Waals surface area contributed by atoms with E-state index in [4.69, 9.17) is 16.3 Å². The molecule has 0 bridgehead atoms. The second-order valence-electron chi connectivity index (χ2n) is 7.03. The molecule has 0 radical (unpaired) electrons. The molecule has 11 heteroatoms. The third-order valence-corrected chi connectivity index (χ3v) is 5.29. The number of halogens is 2. The van der Waals surface area contributed by atoms with Gasteiger partial charge in [0.1, 0.15) is 11.4 Å². The van der Waals surface area contributed by atoms with Gasteiger partial charge in [-0.1, -0.05) is 11.6 Å². The summed E-state index contributed by atoms with van der Waals surface area (Å²) in [6, 6.07) is 8.32.